The minimum Gasteiger partial charge on any atom is -0.383 e. The number of nitrogens with one attached hydrogen (secondary N) is 1. The maximum absolute atomic E-state index is 12.7. The van der Waals surface area contributed by atoms with Gasteiger partial charge in [-0.2, -0.15) is 0 Å². The summed E-state index contributed by atoms with van der Waals surface area (Å²) in [5, 5.41) is 5.37. The van der Waals surface area contributed by atoms with E-state index in [-0.39, 0.29) is 17.2 Å². The Morgan fingerprint density at radius 1 is 1.29 bits per heavy atom. The van der Waals surface area contributed by atoms with E-state index in [1.54, 1.807) is 11.7 Å². The van der Waals surface area contributed by atoms with Crippen LogP contribution in [0, 0.1) is 20.8 Å². The van der Waals surface area contributed by atoms with Crippen molar-refractivity contribution in [1.82, 2.24) is 9.55 Å². The summed E-state index contributed by atoms with van der Waals surface area (Å²) < 4.78 is 7.32. The first-order valence-corrected chi connectivity index (χ1v) is 10.7. The number of fused-ring (bicyclic) bond motifs is 1. The van der Waals surface area contributed by atoms with Crippen LogP contribution in [0.15, 0.2) is 33.5 Å². The topological polar surface area (TPSA) is 73.2 Å². The number of benzene rings is 1. The van der Waals surface area contributed by atoms with Crippen LogP contribution >= 0.6 is 23.1 Å². The molecule has 0 aliphatic carbocycles. The van der Waals surface area contributed by atoms with Crippen molar-refractivity contribution in [1.29, 1.82) is 0 Å². The molecule has 0 aliphatic heterocycles. The normalized spacial score (nSPS) is 11.1. The molecule has 0 saturated heterocycles. The smallest absolute Gasteiger partial charge is 0.272 e. The first-order valence-electron chi connectivity index (χ1n) is 8.88. The predicted octanol–water partition coefficient (Wildman–Crippen LogP) is 3.76. The Labute approximate surface area is 171 Å². The maximum atomic E-state index is 12.7. The minimum absolute atomic E-state index is 0.0924. The number of nitrogens with zero attached hydrogens (tertiary/aromatic N) is 2. The molecule has 2 aromatic heterocycles. The number of aromatic nitrogens is 2. The zero-order valence-corrected chi connectivity index (χ0v) is 18.0. The van der Waals surface area contributed by atoms with Gasteiger partial charge in [0.1, 0.15) is 4.70 Å². The fourth-order valence-electron chi connectivity index (χ4n) is 3.10. The van der Waals surface area contributed by atoms with Crippen molar-refractivity contribution >= 4 is 44.9 Å². The number of carbonyl (C=O) groups is 1. The van der Waals surface area contributed by atoms with Crippen molar-refractivity contribution in [2.24, 2.45) is 0 Å². The van der Waals surface area contributed by atoms with Crippen molar-refractivity contribution < 1.29 is 9.53 Å². The van der Waals surface area contributed by atoms with Crippen LogP contribution in [-0.2, 0) is 16.1 Å². The first kappa shape index (κ1) is 20.6. The van der Waals surface area contributed by atoms with E-state index in [9.17, 15) is 9.59 Å². The molecule has 1 aromatic carbocycles. The van der Waals surface area contributed by atoms with Crippen molar-refractivity contribution in [3.8, 4) is 0 Å². The van der Waals surface area contributed by atoms with Crippen molar-refractivity contribution in [2.45, 2.75) is 32.5 Å². The summed E-state index contributed by atoms with van der Waals surface area (Å²) in [6.45, 7) is 6.80. The number of aryl methyl sites for hydroxylation is 3. The molecule has 1 N–H and O–H groups in total. The third kappa shape index (κ3) is 4.45. The molecule has 0 atom stereocenters. The van der Waals surface area contributed by atoms with Crippen LogP contribution in [0.3, 0.4) is 0 Å². The third-order valence-corrected chi connectivity index (χ3v) is 6.19. The van der Waals surface area contributed by atoms with Gasteiger partial charge < -0.3 is 10.1 Å². The second kappa shape index (κ2) is 8.89. The predicted molar refractivity (Wildman–Crippen MR) is 116 cm³/mol. The molecule has 28 heavy (non-hydrogen) atoms. The van der Waals surface area contributed by atoms with Gasteiger partial charge in [-0.25, -0.2) is 4.98 Å². The Hall–Kier alpha value is -2.16. The Bertz CT molecular complexity index is 1050. The molecule has 0 saturated carbocycles. The molecule has 0 bridgehead atoms. The van der Waals surface area contributed by atoms with Gasteiger partial charge >= 0.3 is 0 Å². The van der Waals surface area contributed by atoms with E-state index in [1.807, 2.05) is 44.4 Å². The SMILES string of the molecule is COCCn1c(SCC(=O)Nc2c(C)cc(C)cc2C)nc2ccsc2c1=O. The summed E-state index contributed by atoms with van der Waals surface area (Å²) in [5.41, 5.74) is 4.64. The zero-order chi connectivity index (χ0) is 20.3. The molecule has 0 unspecified atom stereocenters. The van der Waals surface area contributed by atoms with Crippen LogP contribution in [0.4, 0.5) is 5.69 Å². The molecule has 0 aliphatic rings. The molecular weight excluding hydrogens is 394 g/mol. The molecular formula is C20H23N3O3S2. The van der Waals surface area contributed by atoms with Gasteiger partial charge in [0.2, 0.25) is 5.91 Å². The number of carbonyl (C=O) groups excluding carboxylic acids is 1. The number of rotatable bonds is 7. The molecule has 2 heterocycles. The molecule has 8 heteroatoms. The van der Waals surface area contributed by atoms with Gasteiger partial charge in [-0.1, -0.05) is 29.5 Å². The average Bonchev–Trinajstić information content (AvgIpc) is 3.11. The number of amides is 1. The largest absolute Gasteiger partial charge is 0.383 e. The van der Waals surface area contributed by atoms with Gasteiger partial charge in [0.15, 0.2) is 5.16 Å². The number of thioether (sulfide) groups is 1. The molecule has 3 rings (SSSR count). The van der Waals surface area contributed by atoms with E-state index < -0.39 is 0 Å². The summed E-state index contributed by atoms with van der Waals surface area (Å²) in [4.78, 5) is 29.8. The zero-order valence-electron chi connectivity index (χ0n) is 16.4. The van der Waals surface area contributed by atoms with Gasteiger partial charge in [-0.3, -0.25) is 14.2 Å². The lowest BCUT2D eigenvalue weighted by molar-refractivity contribution is -0.113. The lowest BCUT2D eigenvalue weighted by atomic mass is 10.1. The Balaban J connectivity index is 1.79. The number of hydrogen-bond donors (Lipinski definition) is 1. The van der Waals surface area contributed by atoms with E-state index in [1.165, 1.54) is 23.1 Å². The highest BCUT2D eigenvalue weighted by Crippen LogP contribution is 2.24. The quantitative estimate of drug-likeness (QED) is 0.468. The van der Waals surface area contributed by atoms with E-state index in [0.29, 0.717) is 28.5 Å². The second-order valence-electron chi connectivity index (χ2n) is 6.59. The average molecular weight is 418 g/mol. The number of thiophene rings is 1. The molecule has 3 aromatic rings. The highest BCUT2D eigenvalue weighted by atomic mass is 32.2. The van der Waals surface area contributed by atoms with Crippen molar-refractivity contribution in [2.75, 3.05) is 24.8 Å². The number of methoxy groups -OCH3 is 1. The van der Waals surface area contributed by atoms with Crippen LogP contribution in [-0.4, -0.2) is 34.9 Å². The summed E-state index contributed by atoms with van der Waals surface area (Å²) >= 11 is 2.64. The Morgan fingerprint density at radius 2 is 2.00 bits per heavy atom. The number of ether oxygens (including phenoxy) is 1. The monoisotopic (exact) mass is 417 g/mol. The molecule has 6 nitrogen and oxygen atoms in total. The Morgan fingerprint density at radius 3 is 2.68 bits per heavy atom. The van der Waals surface area contributed by atoms with Crippen LogP contribution in [0.2, 0.25) is 0 Å². The summed E-state index contributed by atoms with van der Waals surface area (Å²) in [6.07, 6.45) is 0. The molecule has 0 spiro atoms. The van der Waals surface area contributed by atoms with Gasteiger partial charge in [0, 0.05) is 12.8 Å². The van der Waals surface area contributed by atoms with Crippen LogP contribution < -0.4 is 10.9 Å². The van der Waals surface area contributed by atoms with E-state index in [4.69, 9.17) is 4.74 Å². The highest BCUT2D eigenvalue weighted by Gasteiger charge is 2.15. The first-order chi connectivity index (χ1) is 13.4. The van der Waals surface area contributed by atoms with Crippen molar-refractivity contribution in [3.63, 3.8) is 0 Å². The Kier molecular flexibility index (Phi) is 6.53. The lowest BCUT2D eigenvalue weighted by Crippen LogP contribution is -2.25. The lowest BCUT2D eigenvalue weighted by Gasteiger charge is -2.14. The fourth-order valence-corrected chi connectivity index (χ4v) is 4.70. The van der Waals surface area contributed by atoms with Gasteiger partial charge in [-0.15, -0.1) is 11.3 Å². The fraction of sp³-hybridized carbons (Fsp3) is 0.350. The van der Waals surface area contributed by atoms with E-state index >= 15 is 0 Å². The van der Waals surface area contributed by atoms with Crippen LogP contribution in [0.5, 0.6) is 0 Å². The van der Waals surface area contributed by atoms with E-state index in [2.05, 4.69) is 10.3 Å². The van der Waals surface area contributed by atoms with E-state index in [0.717, 1.165) is 22.4 Å². The minimum atomic E-state index is -0.127. The number of hydrogen-bond acceptors (Lipinski definition) is 6. The molecule has 0 fully saturated rings. The standard InChI is InChI=1S/C20H23N3O3S2/c1-12-9-13(2)17(14(3)10-12)22-16(24)11-28-20-21-15-5-8-27-18(15)19(25)23(20)6-7-26-4/h5,8-10H,6-7,11H2,1-4H3,(H,22,24). The third-order valence-electron chi connectivity index (χ3n) is 4.32. The second-order valence-corrected chi connectivity index (χ2v) is 8.45. The molecule has 0 radical (unpaired) electrons. The maximum Gasteiger partial charge on any atom is 0.272 e. The highest BCUT2D eigenvalue weighted by molar-refractivity contribution is 7.99. The summed E-state index contributed by atoms with van der Waals surface area (Å²) in [7, 11) is 1.59. The van der Waals surface area contributed by atoms with Crippen LogP contribution in [0.1, 0.15) is 16.7 Å². The summed E-state index contributed by atoms with van der Waals surface area (Å²) in [6, 6.07) is 5.92. The number of anilines is 1. The summed E-state index contributed by atoms with van der Waals surface area (Å²) in [5.74, 6) is 0.0416. The molecule has 1 amide bonds. The van der Waals surface area contributed by atoms with Gasteiger partial charge in [0.05, 0.1) is 24.4 Å². The van der Waals surface area contributed by atoms with Crippen LogP contribution in [0.25, 0.3) is 10.2 Å². The van der Waals surface area contributed by atoms with Gasteiger partial charge in [0.25, 0.3) is 5.56 Å². The van der Waals surface area contributed by atoms with Gasteiger partial charge in [-0.05, 0) is 43.3 Å². The molecule has 148 valence electrons. The van der Waals surface area contributed by atoms with Crippen molar-refractivity contribution in [3.05, 3.63) is 50.6 Å².